The highest BCUT2D eigenvalue weighted by molar-refractivity contribution is 6.29. The fourth-order valence-electron chi connectivity index (χ4n) is 2.71. The maximum Gasteiger partial charge on any atom is 0.416 e. The number of aliphatic hydroxyl groups excluding tert-OH is 1. The minimum atomic E-state index is -4.58. The Morgan fingerprint density at radius 2 is 2.04 bits per heavy atom. The Bertz CT molecular complexity index is 661. The molecule has 2 rings (SSSR count). The van der Waals surface area contributed by atoms with Crippen molar-refractivity contribution < 1.29 is 27.8 Å². The van der Waals surface area contributed by atoms with Crippen LogP contribution in [0.15, 0.2) is 12.1 Å². The Balaban J connectivity index is 2.31. The van der Waals surface area contributed by atoms with Crippen LogP contribution in [-0.4, -0.2) is 46.4 Å². The van der Waals surface area contributed by atoms with Crippen LogP contribution in [0.4, 0.5) is 18.0 Å². The van der Waals surface area contributed by atoms with E-state index in [0.29, 0.717) is 0 Å². The third kappa shape index (κ3) is 4.55. The first-order chi connectivity index (χ1) is 11.4. The van der Waals surface area contributed by atoms with Crippen molar-refractivity contribution in [1.82, 2.24) is 9.88 Å². The van der Waals surface area contributed by atoms with Crippen LogP contribution >= 0.6 is 11.6 Å². The van der Waals surface area contributed by atoms with Gasteiger partial charge in [0.1, 0.15) is 10.8 Å². The van der Waals surface area contributed by atoms with Gasteiger partial charge in [-0.1, -0.05) is 11.6 Å². The van der Waals surface area contributed by atoms with E-state index in [4.69, 9.17) is 16.3 Å². The summed E-state index contributed by atoms with van der Waals surface area (Å²) >= 11 is 5.74. The van der Waals surface area contributed by atoms with Gasteiger partial charge in [-0.15, -0.1) is 0 Å². The molecule has 0 bridgehead atoms. The van der Waals surface area contributed by atoms with E-state index in [1.807, 2.05) is 0 Å². The van der Waals surface area contributed by atoms with Crippen LogP contribution in [0.3, 0.4) is 0 Å². The minimum Gasteiger partial charge on any atom is -0.444 e. The molecule has 1 fully saturated rings. The fraction of sp³-hybridized carbons (Fsp3) is 0.625. The number of ether oxygens (including phenoxy) is 1. The average molecular weight is 381 g/mol. The van der Waals surface area contributed by atoms with Crippen molar-refractivity contribution in [3.63, 3.8) is 0 Å². The molecule has 0 aromatic carbocycles. The first-order valence-corrected chi connectivity index (χ1v) is 8.08. The van der Waals surface area contributed by atoms with Crippen molar-refractivity contribution in [3.8, 4) is 0 Å². The molecule has 1 aromatic heterocycles. The highest BCUT2D eigenvalue weighted by Gasteiger charge is 2.44. The van der Waals surface area contributed by atoms with Crippen LogP contribution in [0.5, 0.6) is 0 Å². The Kier molecular flexibility index (Phi) is 5.26. The summed E-state index contributed by atoms with van der Waals surface area (Å²) in [5, 5.41) is 9.53. The number of aromatic nitrogens is 1. The predicted octanol–water partition coefficient (Wildman–Crippen LogP) is 3.62. The fourth-order valence-corrected chi connectivity index (χ4v) is 2.91. The van der Waals surface area contributed by atoms with Gasteiger partial charge in [-0.3, -0.25) is 0 Å². The van der Waals surface area contributed by atoms with Gasteiger partial charge in [-0.05, 0) is 39.3 Å². The maximum atomic E-state index is 13.0. The number of halogens is 4. The first kappa shape index (κ1) is 19.8. The largest absolute Gasteiger partial charge is 0.444 e. The molecule has 1 atom stereocenters. The summed E-state index contributed by atoms with van der Waals surface area (Å²) in [6.07, 6.45) is -4.91. The average Bonchev–Trinajstić information content (AvgIpc) is 2.90. The lowest BCUT2D eigenvalue weighted by atomic mass is 9.83. The zero-order valence-electron chi connectivity index (χ0n) is 14.2. The van der Waals surface area contributed by atoms with E-state index in [0.717, 1.165) is 12.1 Å². The molecule has 1 aromatic rings. The van der Waals surface area contributed by atoms with E-state index in [1.54, 1.807) is 20.8 Å². The Morgan fingerprint density at radius 3 is 2.56 bits per heavy atom. The number of likely N-dealkylation sites (tertiary alicyclic amines) is 1. The molecule has 0 radical (unpaired) electrons. The monoisotopic (exact) mass is 380 g/mol. The number of carbonyl (C=O) groups excluding carboxylic acids is 1. The number of hydrogen-bond acceptors (Lipinski definition) is 4. The highest BCUT2D eigenvalue weighted by Crippen LogP contribution is 2.38. The normalized spacial score (nSPS) is 21.5. The Labute approximate surface area is 148 Å². The van der Waals surface area contributed by atoms with Gasteiger partial charge in [-0.25, -0.2) is 9.78 Å². The van der Waals surface area contributed by atoms with Crippen molar-refractivity contribution in [2.24, 2.45) is 0 Å². The van der Waals surface area contributed by atoms with Crippen molar-refractivity contribution in [2.45, 2.75) is 44.4 Å². The lowest BCUT2D eigenvalue weighted by molar-refractivity contribution is -0.137. The van der Waals surface area contributed by atoms with Crippen LogP contribution in [0, 0.1) is 0 Å². The van der Waals surface area contributed by atoms with Crippen molar-refractivity contribution >= 4 is 17.7 Å². The standard InChI is InChI=1S/C16H20ClF3N2O3/c1-14(2,3)25-13(24)22-5-4-15(8-22,9-23)11-6-10(16(18,19)20)7-12(17)21-11/h6-7,23H,4-5,8-9H2,1-3H3/t15-/m1/s1. The topological polar surface area (TPSA) is 62.7 Å². The molecule has 9 heteroatoms. The lowest BCUT2D eigenvalue weighted by Gasteiger charge is -2.28. The quantitative estimate of drug-likeness (QED) is 0.796. The summed E-state index contributed by atoms with van der Waals surface area (Å²) in [6.45, 7) is 4.93. The van der Waals surface area contributed by atoms with Gasteiger partial charge >= 0.3 is 12.3 Å². The van der Waals surface area contributed by atoms with Gasteiger partial charge < -0.3 is 14.7 Å². The number of pyridine rings is 1. The molecular weight excluding hydrogens is 361 g/mol. The second-order valence-electron chi connectivity index (χ2n) is 7.15. The van der Waals surface area contributed by atoms with Gasteiger partial charge in [0.2, 0.25) is 0 Å². The number of nitrogens with zero attached hydrogens (tertiary/aromatic N) is 2. The smallest absolute Gasteiger partial charge is 0.416 e. The zero-order valence-corrected chi connectivity index (χ0v) is 14.9. The van der Waals surface area contributed by atoms with E-state index in [1.165, 1.54) is 4.90 Å². The molecule has 1 amide bonds. The SMILES string of the molecule is CC(C)(C)OC(=O)N1CC[C@@](CO)(c2cc(C(F)(F)F)cc(Cl)n2)C1. The molecule has 1 N–H and O–H groups in total. The van der Waals surface area contributed by atoms with Crippen LogP contribution in [0.1, 0.15) is 38.4 Å². The number of alkyl halides is 3. The third-order valence-electron chi connectivity index (χ3n) is 3.97. The van der Waals surface area contributed by atoms with Gasteiger partial charge in [0.25, 0.3) is 0 Å². The molecule has 0 aliphatic carbocycles. The summed E-state index contributed by atoms with van der Waals surface area (Å²) < 4.78 is 44.3. The molecule has 2 heterocycles. The molecule has 0 saturated carbocycles. The van der Waals surface area contributed by atoms with Gasteiger partial charge in [0.05, 0.1) is 23.3 Å². The van der Waals surface area contributed by atoms with Gasteiger partial charge in [-0.2, -0.15) is 13.2 Å². The molecule has 25 heavy (non-hydrogen) atoms. The Morgan fingerprint density at radius 1 is 1.40 bits per heavy atom. The maximum absolute atomic E-state index is 13.0. The molecule has 1 saturated heterocycles. The first-order valence-electron chi connectivity index (χ1n) is 7.70. The van der Waals surface area contributed by atoms with E-state index in [-0.39, 0.29) is 30.4 Å². The van der Waals surface area contributed by atoms with E-state index in [9.17, 15) is 23.1 Å². The van der Waals surface area contributed by atoms with Gasteiger partial charge in [0.15, 0.2) is 0 Å². The van der Waals surface area contributed by atoms with E-state index >= 15 is 0 Å². The minimum absolute atomic E-state index is 0.00303. The van der Waals surface area contributed by atoms with E-state index in [2.05, 4.69) is 4.98 Å². The Hall–Kier alpha value is -1.54. The number of rotatable bonds is 2. The summed E-state index contributed by atoms with van der Waals surface area (Å²) in [5.74, 6) is 0. The summed E-state index contributed by atoms with van der Waals surface area (Å²) in [7, 11) is 0. The summed E-state index contributed by atoms with van der Waals surface area (Å²) in [5.41, 5.74) is -2.73. The lowest BCUT2D eigenvalue weighted by Crippen LogP contribution is -2.40. The molecule has 140 valence electrons. The molecule has 0 unspecified atom stereocenters. The highest BCUT2D eigenvalue weighted by atomic mass is 35.5. The molecule has 1 aliphatic heterocycles. The predicted molar refractivity (Wildman–Crippen MR) is 85.4 cm³/mol. The molecular formula is C16H20ClF3N2O3. The van der Waals surface area contributed by atoms with Crippen molar-refractivity contribution in [2.75, 3.05) is 19.7 Å². The summed E-state index contributed by atoms with van der Waals surface area (Å²) in [6, 6.07) is 1.61. The second kappa shape index (κ2) is 6.64. The zero-order chi connectivity index (χ0) is 19.0. The van der Waals surface area contributed by atoms with Crippen LogP contribution < -0.4 is 0 Å². The number of amides is 1. The summed E-state index contributed by atoms with van der Waals surface area (Å²) in [4.78, 5) is 17.5. The van der Waals surface area contributed by atoms with Crippen molar-refractivity contribution in [1.29, 1.82) is 0 Å². The molecule has 1 aliphatic rings. The van der Waals surface area contributed by atoms with E-state index < -0.39 is 35.5 Å². The third-order valence-corrected chi connectivity index (χ3v) is 4.17. The van der Waals surface area contributed by atoms with Crippen LogP contribution in [0.25, 0.3) is 0 Å². The van der Waals surface area contributed by atoms with Crippen LogP contribution in [0.2, 0.25) is 5.15 Å². The van der Waals surface area contributed by atoms with Gasteiger partial charge in [0, 0.05) is 13.1 Å². The number of hydrogen-bond donors (Lipinski definition) is 1. The number of aliphatic hydroxyl groups is 1. The molecule has 0 spiro atoms. The molecule has 5 nitrogen and oxygen atoms in total. The number of carbonyl (C=O) groups is 1. The van der Waals surface area contributed by atoms with Crippen LogP contribution in [-0.2, 0) is 16.3 Å². The second-order valence-corrected chi connectivity index (χ2v) is 7.54. The van der Waals surface area contributed by atoms with Crippen molar-refractivity contribution in [3.05, 3.63) is 28.5 Å².